The summed E-state index contributed by atoms with van der Waals surface area (Å²) in [6.45, 7) is 10.2. The number of hydrogen-bond acceptors (Lipinski definition) is 14. The molecule has 6 aromatic rings. The molecule has 0 bridgehead atoms. The Balaban J connectivity index is 0.000000170. The maximum Gasteiger partial charge on any atom is 0.321 e. The van der Waals surface area contributed by atoms with E-state index in [1.165, 1.54) is 5.69 Å². The minimum Gasteiger partial charge on any atom is -0.497 e. The molecule has 18 nitrogen and oxygen atoms in total. The molecule has 0 aromatic heterocycles. The van der Waals surface area contributed by atoms with Gasteiger partial charge < -0.3 is 68.9 Å². The molecule has 74 heavy (non-hydrogen) atoms. The van der Waals surface area contributed by atoms with Crippen molar-refractivity contribution in [3.8, 4) is 34.5 Å². The van der Waals surface area contributed by atoms with Crippen LogP contribution in [-0.4, -0.2) is 143 Å². The van der Waals surface area contributed by atoms with Crippen LogP contribution in [0.3, 0.4) is 0 Å². The highest BCUT2D eigenvalue weighted by Gasteiger charge is 2.23. The number of ether oxygens (including phenoxy) is 6. The Labute approximate surface area is 434 Å². The van der Waals surface area contributed by atoms with Crippen LogP contribution >= 0.6 is 0 Å². The number of urea groups is 2. The molecule has 3 heterocycles. The van der Waals surface area contributed by atoms with E-state index in [4.69, 9.17) is 28.4 Å². The predicted molar refractivity (Wildman–Crippen MR) is 294 cm³/mol. The molecule has 3 fully saturated rings. The zero-order chi connectivity index (χ0) is 52.5. The first-order chi connectivity index (χ1) is 36.1. The standard InChI is InChI=1S/2C19H23N3O3.C11H16N2O.C7H7NO2/c2*1-24-17-8-6-15(7-9-17)20-19(23)22-12-10-21(11-13-22)16-4-3-5-18(14-16)25-2;1-14-11-4-2-3-10(9-11)13-7-5-12-6-8-13;1-10-7-4-2-6(8-9)3-5-7/h2*3-9,14H,10-13H2,1-2H3,(H,20,23);2-4,9,12H,5-8H2,1H3;2-5H,1H3. The highest BCUT2D eigenvalue weighted by molar-refractivity contribution is 5.90. The number of rotatable bonds is 12. The number of piperazine rings is 3. The van der Waals surface area contributed by atoms with Crippen molar-refractivity contribution in [3.63, 3.8) is 0 Å². The zero-order valence-electron chi connectivity index (χ0n) is 43.2. The van der Waals surface area contributed by atoms with Gasteiger partial charge in [0.15, 0.2) is 0 Å². The molecule has 9 rings (SSSR count). The van der Waals surface area contributed by atoms with Crippen LogP contribution in [0.1, 0.15) is 0 Å². The maximum absolute atomic E-state index is 12.4. The van der Waals surface area contributed by atoms with Crippen molar-refractivity contribution in [2.24, 2.45) is 5.18 Å². The molecule has 4 amide bonds. The first-order valence-electron chi connectivity index (χ1n) is 24.4. The lowest BCUT2D eigenvalue weighted by Gasteiger charge is -2.36. The maximum atomic E-state index is 12.4. The fourth-order valence-corrected chi connectivity index (χ4v) is 8.08. The summed E-state index contributed by atoms with van der Waals surface area (Å²) in [6, 6.07) is 45.3. The van der Waals surface area contributed by atoms with Gasteiger partial charge in [-0.2, -0.15) is 0 Å². The lowest BCUT2D eigenvalue weighted by Crippen LogP contribution is -2.50. The fourth-order valence-electron chi connectivity index (χ4n) is 8.08. The van der Waals surface area contributed by atoms with Crippen molar-refractivity contribution in [1.29, 1.82) is 0 Å². The molecule has 3 aliphatic heterocycles. The van der Waals surface area contributed by atoms with Gasteiger partial charge in [-0.1, -0.05) is 18.2 Å². The van der Waals surface area contributed by atoms with Gasteiger partial charge in [0, 0.05) is 125 Å². The molecule has 0 atom stereocenters. The van der Waals surface area contributed by atoms with Gasteiger partial charge in [0.1, 0.15) is 40.2 Å². The molecule has 3 saturated heterocycles. The number of carbonyl (C=O) groups excluding carboxylic acids is 2. The summed E-state index contributed by atoms with van der Waals surface area (Å²) in [4.78, 5) is 45.3. The third kappa shape index (κ3) is 16.9. The fraction of sp³-hybridized carbons (Fsp3) is 0.321. The Morgan fingerprint density at radius 3 is 1.03 bits per heavy atom. The lowest BCUT2D eigenvalue weighted by molar-refractivity contribution is 0.207. The highest BCUT2D eigenvalue weighted by atomic mass is 16.5. The van der Waals surface area contributed by atoms with Gasteiger partial charge in [-0.15, -0.1) is 4.91 Å². The number of nitroso groups, excluding NO2 is 1. The molecule has 18 heteroatoms. The van der Waals surface area contributed by atoms with E-state index in [0.29, 0.717) is 31.9 Å². The average Bonchev–Trinajstić information content (AvgIpc) is 3.48. The lowest BCUT2D eigenvalue weighted by atomic mass is 10.2. The molecular formula is C56H69N9O9. The zero-order valence-corrected chi connectivity index (χ0v) is 43.2. The summed E-state index contributed by atoms with van der Waals surface area (Å²) in [5.74, 6) is 4.89. The third-order valence-corrected chi connectivity index (χ3v) is 12.4. The minimum atomic E-state index is -0.0736. The normalized spacial score (nSPS) is 13.9. The molecule has 0 radical (unpaired) electrons. The Morgan fingerprint density at radius 2 is 0.716 bits per heavy atom. The van der Waals surface area contributed by atoms with E-state index in [9.17, 15) is 14.5 Å². The molecule has 6 aromatic carbocycles. The topological polar surface area (TPSA) is 171 Å². The van der Waals surface area contributed by atoms with Crippen LogP contribution in [-0.2, 0) is 0 Å². The first kappa shape index (κ1) is 54.9. The SMILES string of the molecule is COc1ccc(N=O)cc1.COc1ccc(NC(=O)N2CCN(c3cccc(OC)c3)CC2)cc1.COc1ccc(NC(=O)N2CCN(c3cccc(OC)c3)CC2)cc1.COc1cccc(N2CCNCC2)c1. The number of nitrogens with zero attached hydrogens (tertiary/aromatic N) is 6. The van der Waals surface area contributed by atoms with E-state index in [-0.39, 0.29) is 12.1 Å². The Hall–Kier alpha value is -8.38. The monoisotopic (exact) mass is 1010 g/mol. The summed E-state index contributed by atoms with van der Waals surface area (Å²) in [5, 5.41) is 11.9. The van der Waals surface area contributed by atoms with Crippen LogP contribution in [0.15, 0.2) is 151 Å². The Kier molecular flexibility index (Phi) is 21.7. The summed E-state index contributed by atoms with van der Waals surface area (Å²) >= 11 is 0. The van der Waals surface area contributed by atoms with Gasteiger partial charge in [0.05, 0.1) is 42.7 Å². The average molecular weight is 1010 g/mol. The molecule has 3 N–H and O–H groups in total. The van der Waals surface area contributed by atoms with Gasteiger partial charge in [0.25, 0.3) is 0 Å². The summed E-state index contributed by atoms with van der Waals surface area (Å²) in [6.07, 6.45) is 0. The van der Waals surface area contributed by atoms with E-state index in [1.54, 1.807) is 66.9 Å². The van der Waals surface area contributed by atoms with Crippen LogP contribution in [0.25, 0.3) is 0 Å². The van der Waals surface area contributed by atoms with Gasteiger partial charge in [-0.05, 0) is 114 Å². The van der Waals surface area contributed by atoms with Crippen molar-refractivity contribution in [3.05, 3.63) is 150 Å². The number of methoxy groups -OCH3 is 6. The number of anilines is 5. The Morgan fingerprint density at radius 1 is 0.405 bits per heavy atom. The number of hydrogen-bond donors (Lipinski definition) is 3. The van der Waals surface area contributed by atoms with Crippen molar-refractivity contribution in [2.45, 2.75) is 0 Å². The van der Waals surface area contributed by atoms with Gasteiger partial charge in [-0.3, -0.25) is 0 Å². The Bertz CT molecular complexity index is 2500. The molecule has 392 valence electrons. The van der Waals surface area contributed by atoms with E-state index in [2.05, 4.69) is 60.1 Å². The van der Waals surface area contributed by atoms with Crippen LogP contribution < -0.4 is 59.1 Å². The van der Waals surface area contributed by atoms with Crippen LogP contribution in [0.2, 0.25) is 0 Å². The van der Waals surface area contributed by atoms with E-state index in [0.717, 1.165) is 110 Å². The molecule has 0 unspecified atom stereocenters. The minimum absolute atomic E-state index is 0.0736. The number of benzene rings is 6. The molecule has 0 spiro atoms. The van der Waals surface area contributed by atoms with Crippen molar-refractivity contribution in [2.75, 3.05) is 147 Å². The number of amides is 4. The number of carbonyl (C=O) groups is 2. The molecular weight excluding hydrogens is 943 g/mol. The van der Waals surface area contributed by atoms with Crippen LogP contribution in [0.5, 0.6) is 34.5 Å². The van der Waals surface area contributed by atoms with E-state index >= 15 is 0 Å². The molecule has 0 saturated carbocycles. The second kappa shape index (κ2) is 29.2. The van der Waals surface area contributed by atoms with Gasteiger partial charge in [-0.25, -0.2) is 9.59 Å². The van der Waals surface area contributed by atoms with Crippen molar-refractivity contribution >= 4 is 46.2 Å². The van der Waals surface area contributed by atoms with Gasteiger partial charge in [0.2, 0.25) is 0 Å². The summed E-state index contributed by atoms with van der Waals surface area (Å²) in [7, 11) is 9.85. The quantitative estimate of drug-likeness (QED) is 0.0992. The van der Waals surface area contributed by atoms with Gasteiger partial charge >= 0.3 is 12.1 Å². The van der Waals surface area contributed by atoms with Crippen molar-refractivity contribution in [1.82, 2.24) is 15.1 Å². The second-order valence-electron chi connectivity index (χ2n) is 16.9. The summed E-state index contributed by atoms with van der Waals surface area (Å²) < 4.78 is 30.9. The molecule has 3 aliphatic rings. The predicted octanol–water partition coefficient (Wildman–Crippen LogP) is 9.31. The van der Waals surface area contributed by atoms with Crippen LogP contribution in [0, 0.1) is 4.91 Å². The van der Waals surface area contributed by atoms with Crippen molar-refractivity contribution < 1.29 is 38.0 Å². The second-order valence-corrected chi connectivity index (χ2v) is 16.9. The van der Waals surface area contributed by atoms with E-state index in [1.807, 2.05) is 107 Å². The largest absolute Gasteiger partial charge is 0.497 e. The smallest absolute Gasteiger partial charge is 0.321 e. The number of nitrogens with one attached hydrogen (secondary N) is 3. The van der Waals surface area contributed by atoms with Crippen LogP contribution in [0.4, 0.5) is 43.7 Å². The third-order valence-electron chi connectivity index (χ3n) is 12.4. The summed E-state index contributed by atoms with van der Waals surface area (Å²) in [5.41, 5.74) is 5.44. The highest BCUT2D eigenvalue weighted by Crippen LogP contribution is 2.25. The first-order valence-corrected chi connectivity index (χ1v) is 24.4. The molecule has 0 aliphatic carbocycles. The van der Waals surface area contributed by atoms with E-state index < -0.39 is 0 Å².